The summed E-state index contributed by atoms with van der Waals surface area (Å²) in [4.78, 5) is 0. The molecule has 0 radical (unpaired) electrons. The average Bonchev–Trinajstić information content (AvgIpc) is 2.83. The molecule has 6 heteroatoms. The second-order valence-electron chi connectivity index (χ2n) is 4.48. The van der Waals surface area contributed by atoms with Gasteiger partial charge in [-0.3, -0.25) is 0 Å². The molecule has 0 amide bonds. The predicted molar refractivity (Wildman–Crippen MR) is 70.8 cm³/mol. The summed E-state index contributed by atoms with van der Waals surface area (Å²) in [5, 5.41) is 7.24. The van der Waals surface area contributed by atoms with E-state index in [1.54, 1.807) is 7.11 Å². The molecule has 1 rings (SSSR count). The molecule has 0 saturated heterocycles. The Kier molecular flexibility index (Phi) is 8.40. The smallest absolute Gasteiger partial charge is 0.162 e. The first-order valence-electron chi connectivity index (χ1n) is 6.54. The van der Waals surface area contributed by atoms with E-state index in [4.69, 9.17) is 18.7 Å². The first kappa shape index (κ1) is 16.1. The molecule has 1 aromatic heterocycles. The van der Waals surface area contributed by atoms with Gasteiger partial charge < -0.3 is 24.1 Å². The Labute approximate surface area is 114 Å². The van der Waals surface area contributed by atoms with Crippen molar-refractivity contribution in [3.8, 4) is 0 Å². The van der Waals surface area contributed by atoms with Crippen molar-refractivity contribution in [2.45, 2.75) is 33.0 Å². The number of ether oxygens (including phenoxy) is 3. The molecule has 0 unspecified atom stereocenters. The van der Waals surface area contributed by atoms with Gasteiger partial charge in [0, 0.05) is 25.8 Å². The van der Waals surface area contributed by atoms with Crippen LogP contribution in [0.4, 0.5) is 0 Å². The summed E-state index contributed by atoms with van der Waals surface area (Å²) in [5.41, 5.74) is 0.892. The molecule has 1 N–H and O–H groups in total. The second kappa shape index (κ2) is 9.91. The molecule has 0 bridgehead atoms. The maximum Gasteiger partial charge on any atom is 0.162 e. The highest BCUT2D eigenvalue weighted by Gasteiger charge is 2.04. The number of hydrogen-bond acceptors (Lipinski definition) is 6. The lowest BCUT2D eigenvalue weighted by atomic mass is 10.3. The fourth-order valence-electron chi connectivity index (χ4n) is 1.35. The van der Waals surface area contributed by atoms with Crippen LogP contribution in [0.25, 0.3) is 0 Å². The lowest BCUT2D eigenvalue weighted by molar-refractivity contribution is 0.0151. The van der Waals surface area contributed by atoms with Gasteiger partial charge in [0.1, 0.15) is 6.61 Å². The summed E-state index contributed by atoms with van der Waals surface area (Å²) < 4.78 is 20.7. The van der Waals surface area contributed by atoms with Crippen molar-refractivity contribution in [2.75, 3.05) is 33.5 Å². The summed E-state index contributed by atoms with van der Waals surface area (Å²) in [6.45, 7) is 7.59. The van der Waals surface area contributed by atoms with Gasteiger partial charge in [0.05, 0.1) is 32.1 Å². The number of hydrogen-bond donors (Lipinski definition) is 1. The van der Waals surface area contributed by atoms with Crippen LogP contribution in [0.5, 0.6) is 0 Å². The van der Waals surface area contributed by atoms with Gasteiger partial charge in [-0.2, -0.15) is 0 Å². The van der Waals surface area contributed by atoms with Crippen molar-refractivity contribution >= 4 is 0 Å². The molecule has 0 aromatic carbocycles. The normalized spacial score (nSPS) is 11.4. The highest BCUT2D eigenvalue weighted by molar-refractivity contribution is 5.04. The fraction of sp³-hybridized carbons (Fsp3) is 0.769. The van der Waals surface area contributed by atoms with Crippen molar-refractivity contribution in [1.82, 2.24) is 10.5 Å². The molecule has 1 heterocycles. The number of methoxy groups -OCH3 is 1. The predicted octanol–water partition coefficient (Wildman–Crippen LogP) is 1.35. The van der Waals surface area contributed by atoms with Gasteiger partial charge in [-0.15, -0.1) is 0 Å². The largest absolute Gasteiger partial charge is 0.382 e. The van der Waals surface area contributed by atoms with E-state index in [1.165, 1.54) is 0 Å². The zero-order chi connectivity index (χ0) is 13.9. The Balaban J connectivity index is 2.06. The molecular weight excluding hydrogens is 248 g/mol. The SMILES string of the molecule is COCCOCCOCc1cc(CNC(C)C)no1. The molecule has 0 saturated carbocycles. The number of rotatable bonds is 11. The van der Waals surface area contributed by atoms with Crippen LogP contribution < -0.4 is 5.32 Å². The molecule has 0 spiro atoms. The molecule has 0 aliphatic carbocycles. The van der Waals surface area contributed by atoms with Gasteiger partial charge in [-0.1, -0.05) is 19.0 Å². The highest BCUT2D eigenvalue weighted by atomic mass is 16.5. The van der Waals surface area contributed by atoms with Gasteiger partial charge in [-0.25, -0.2) is 0 Å². The van der Waals surface area contributed by atoms with Gasteiger partial charge in [0.15, 0.2) is 5.76 Å². The van der Waals surface area contributed by atoms with Crippen LogP contribution in [0, 0.1) is 0 Å². The second-order valence-corrected chi connectivity index (χ2v) is 4.48. The average molecular weight is 272 g/mol. The Morgan fingerprint density at radius 1 is 1.21 bits per heavy atom. The van der Waals surface area contributed by atoms with Crippen LogP contribution in [-0.4, -0.2) is 44.7 Å². The van der Waals surface area contributed by atoms with Crippen LogP contribution in [0.3, 0.4) is 0 Å². The molecule has 0 aliphatic rings. The maximum absolute atomic E-state index is 5.42. The standard InChI is InChI=1S/C13H24N2O4/c1-11(2)14-9-12-8-13(19-15-12)10-18-7-6-17-5-4-16-3/h8,11,14H,4-7,9-10H2,1-3H3. The summed E-state index contributed by atoms with van der Waals surface area (Å²) >= 11 is 0. The topological polar surface area (TPSA) is 65.8 Å². The fourth-order valence-corrected chi connectivity index (χ4v) is 1.35. The van der Waals surface area contributed by atoms with Gasteiger partial charge in [0.25, 0.3) is 0 Å². The monoisotopic (exact) mass is 272 g/mol. The van der Waals surface area contributed by atoms with E-state index in [0.717, 1.165) is 11.5 Å². The van der Waals surface area contributed by atoms with E-state index in [9.17, 15) is 0 Å². The van der Waals surface area contributed by atoms with Crippen molar-refractivity contribution in [3.63, 3.8) is 0 Å². The highest BCUT2D eigenvalue weighted by Crippen LogP contribution is 2.05. The minimum Gasteiger partial charge on any atom is -0.382 e. The van der Waals surface area contributed by atoms with E-state index in [0.29, 0.717) is 45.6 Å². The Morgan fingerprint density at radius 3 is 2.68 bits per heavy atom. The Hall–Kier alpha value is -0.950. The third-order valence-electron chi connectivity index (χ3n) is 2.35. The molecule has 0 atom stereocenters. The lowest BCUT2D eigenvalue weighted by Crippen LogP contribution is -2.21. The third kappa shape index (κ3) is 7.94. The molecule has 110 valence electrons. The van der Waals surface area contributed by atoms with E-state index in [1.807, 2.05) is 6.07 Å². The first-order chi connectivity index (χ1) is 9.22. The van der Waals surface area contributed by atoms with Crippen LogP contribution in [0.15, 0.2) is 10.6 Å². The quantitative estimate of drug-likeness (QED) is 0.613. The van der Waals surface area contributed by atoms with E-state index < -0.39 is 0 Å². The van der Waals surface area contributed by atoms with Crippen LogP contribution >= 0.6 is 0 Å². The molecule has 0 fully saturated rings. The number of nitrogens with zero attached hydrogens (tertiary/aromatic N) is 1. The van der Waals surface area contributed by atoms with E-state index in [2.05, 4.69) is 24.3 Å². The summed E-state index contributed by atoms with van der Waals surface area (Å²) in [6, 6.07) is 2.34. The Bertz CT molecular complexity index is 328. The third-order valence-corrected chi connectivity index (χ3v) is 2.35. The molecular formula is C13H24N2O4. The summed E-state index contributed by atoms with van der Waals surface area (Å²) in [6.07, 6.45) is 0. The van der Waals surface area contributed by atoms with Crippen molar-refractivity contribution in [3.05, 3.63) is 17.5 Å². The minimum absolute atomic E-state index is 0.419. The first-order valence-corrected chi connectivity index (χ1v) is 6.54. The maximum atomic E-state index is 5.42. The molecule has 1 aromatic rings. The van der Waals surface area contributed by atoms with Gasteiger partial charge in [-0.05, 0) is 0 Å². The summed E-state index contributed by atoms with van der Waals surface area (Å²) in [5.74, 6) is 0.734. The zero-order valence-corrected chi connectivity index (χ0v) is 12.0. The zero-order valence-electron chi connectivity index (χ0n) is 12.0. The molecule has 6 nitrogen and oxygen atoms in total. The molecule has 0 aliphatic heterocycles. The summed E-state index contributed by atoms with van der Waals surface area (Å²) in [7, 11) is 1.65. The Morgan fingerprint density at radius 2 is 1.95 bits per heavy atom. The minimum atomic E-state index is 0.419. The van der Waals surface area contributed by atoms with Gasteiger partial charge >= 0.3 is 0 Å². The van der Waals surface area contributed by atoms with E-state index >= 15 is 0 Å². The number of aromatic nitrogens is 1. The van der Waals surface area contributed by atoms with Crippen molar-refractivity contribution in [1.29, 1.82) is 0 Å². The van der Waals surface area contributed by atoms with Crippen LogP contribution in [0.1, 0.15) is 25.3 Å². The van der Waals surface area contributed by atoms with Crippen LogP contribution in [-0.2, 0) is 27.4 Å². The number of nitrogens with one attached hydrogen (secondary N) is 1. The lowest BCUT2D eigenvalue weighted by Gasteiger charge is -2.04. The van der Waals surface area contributed by atoms with Crippen molar-refractivity contribution in [2.24, 2.45) is 0 Å². The molecule has 19 heavy (non-hydrogen) atoms. The van der Waals surface area contributed by atoms with E-state index in [-0.39, 0.29) is 0 Å². The van der Waals surface area contributed by atoms with Gasteiger partial charge in [0.2, 0.25) is 0 Å². The van der Waals surface area contributed by atoms with Crippen LogP contribution in [0.2, 0.25) is 0 Å². The van der Waals surface area contributed by atoms with Crippen molar-refractivity contribution < 1.29 is 18.7 Å².